The topological polar surface area (TPSA) is 99.4 Å². The van der Waals surface area contributed by atoms with Crippen LogP contribution < -0.4 is 0 Å². The van der Waals surface area contributed by atoms with E-state index in [-0.39, 0.29) is 25.7 Å². The number of hydrogen-bond donors (Lipinski definition) is 3. The fourth-order valence-electron chi connectivity index (χ4n) is 7.93. The zero-order chi connectivity index (χ0) is 38.5. The van der Waals surface area contributed by atoms with Gasteiger partial charge in [0, 0.05) is 59.9 Å². The second-order valence-electron chi connectivity index (χ2n) is 14.2. The quantitative estimate of drug-likeness (QED) is 0.147. The van der Waals surface area contributed by atoms with E-state index in [0.29, 0.717) is 16.6 Å². The molecule has 0 bridgehead atoms. The van der Waals surface area contributed by atoms with Gasteiger partial charge in [0.15, 0.2) is 0 Å². The van der Waals surface area contributed by atoms with Gasteiger partial charge in [-0.2, -0.15) is 0 Å². The van der Waals surface area contributed by atoms with Crippen LogP contribution >= 0.6 is 0 Å². The molecule has 0 unspecified atom stereocenters. The summed E-state index contributed by atoms with van der Waals surface area (Å²) in [7, 11) is 0. The number of para-hydroxylation sites is 3. The summed E-state index contributed by atoms with van der Waals surface area (Å²) in [5, 5.41) is 34.0. The average Bonchev–Trinajstić information content (AvgIpc) is 3.26. The summed E-state index contributed by atoms with van der Waals surface area (Å²) in [6.45, 7) is 0. The van der Waals surface area contributed by atoms with Crippen molar-refractivity contribution in [3.05, 3.63) is 182 Å². The lowest BCUT2D eigenvalue weighted by Gasteiger charge is -2.18. The number of rotatable bonds is 6. The highest BCUT2D eigenvalue weighted by atomic mass is 16.3. The first-order valence-electron chi connectivity index (χ1n) is 18.7. The van der Waals surface area contributed by atoms with Gasteiger partial charge < -0.3 is 15.3 Å². The second kappa shape index (κ2) is 14.7. The zero-order valence-corrected chi connectivity index (χ0v) is 31.1. The van der Waals surface area contributed by atoms with Crippen LogP contribution in [0, 0.1) is 0 Å². The number of aromatic nitrogens is 3. The number of aromatic hydroxyl groups is 3. The molecule has 3 radical (unpaired) electrons. The minimum absolute atomic E-state index is 0. The van der Waals surface area contributed by atoms with Crippen molar-refractivity contribution in [2.24, 2.45) is 0 Å². The average molecular weight is 747 g/mol. The lowest BCUT2D eigenvalue weighted by molar-refractivity contribution is 0.480. The summed E-state index contributed by atoms with van der Waals surface area (Å²) < 4.78 is 0. The Balaban J connectivity index is 0.00000436. The number of benzene rings is 7. The molecule has 0 saturated carbocycles. The molecule has 58 heavy (non-hydrogen) atoms. The van der Waals surface area contributed by atoms with Crippen molar-refractivity contribution in [2.45, 2.75) is 0 Å². The van der Waals surface area contributed by atoms with Crippen LogP contribution in [0.25, 0.3) is 99.5 Å². The molecule has 3 N–H and O–H groups in total. The van der Waals surface area contributed by atoms with Crippen molar-refractivity contribution in [2.75, 3.05) is 0 Å². The van der Waals surface area contributed by atoms with Crippen molar-refractivity contribution in [1.29, 1.82) is 0 Å². The van der Waals surface area contributed by atoms with E-state index in [9.17, 15) is 15.3 Å². The molecule has 0 spiro atoms. The Bertz CT molecular complexity index is 2850. The normalized spacial score (nSPS) is 11.2. The molecule has 3 heterocycles. The Morgan fingerprint density at radius 2 is 0.534 bits per heavy atom. The monoisotopic (exact) mass is 746 g/mol. The molecule has 7 heteroatoms. The number of phenols is 3. The summed E-state index contributed by atoms with van der Waals surface area (Å²) in [4.78, 5) is 14.0. The van der Waals surface area contributed by atoms with Crippen molar-refractivity contribution in [3.8, 4) is 84.0 Å². The van der Waals surface area contributed by atoms with Crippen LogP contribution in [-0.4, -0.2) is 38.7 Å². The van der Waals surface area contributed by atoms with E-state index in [1.54, 1.807) is 18.2 Å². The summed E-state index contributed by atoms with van der Waals surface area (Å²) in [5.41, 5.74) is 13.7. The zero-order valence-electron chi connectivity index (χ0n) is 31.1. The number of pyridine rings is 3. The van der Waals surface area contributed by atoms with Gasteiger partial charge in [0.25, 0.3) is 0 Å². The van der Waals surface area contributed by atoms with Crippen LogP contribution in [0.15, 0.2) is 182 Å². The molecule has 0 aliphatic carbocycles. The Kier molecular flexibility index (Phi) is 9.11. The maximum Gasteiger partial charge on any atom is 0.141 e. The molecular formula is C51H33BN3O3. The third-order valence-electron chi connectivity index (χ3n) is 10.6. The minimum Gasteiger partial charge on any atom is -0.506 e. The number of nitrogens with zero attached hydrogens (tertiary/aromatic N) is 3. The summed E-state index contributed by atoms with van der Waals surface area (Å²) in [6, 6.07) is 54.3. The molecule has 6 nitrogen and oxygen atoms in total. The van der Waals surface area contributed by atoms with E-state index >= 15 is 0 Å². The molecule has 3 aromatic heterocycles. The Labute approximate surface area is 336 Å². The molecule has 0 saturated heterocycles. The van der Waals surface area contributed by atoms with Crippen molar-refractivity contribution in [3.63, 3.8) is 0 Å². The molecule has 0 atom stereocenters. The highest BCUT2D eigenvalue weighted by Gasteiger charge is 2.18. The summed E-state index contributed by atoms with van der Waals surface area (Å²) in [5.74, 6) is 0.455. The summed E-state index contributed by atoms with van der Waals surface area (Å²) in [6.07, 6.45) is 5.47. The van der Waals surface area contributed by atoms with E-state index < -0.39 is 0 Å². The molecule has 0 amide bonds. The molecule has 10 rings (SSSR count). The lowest BCUT2D eigenvalue weighted by atomic mass is 9.86. The smallest absolute Gasteiger partial charge is 0.141 e. The first-order valence-corrected chi connectivity index (χ1v) is 18.7. The van der Waals surface area contributed by atoms with Gasteiger partial charge in [-0.15, -0.1) is 0 Å². The van der Waals surface area contributed by atoms with E-state index in [1.165, 1.54) is 0 Å². The number of fused-ring (bicyclic) bond motifs is 3. The number of phenolic OH excluding ortho intramolecular Hbond substituents is 3. The molecule has 0 aliphatic rings. The van der Waals surface area contributed by atoms with Crippen LogP contribution in [0.5, 0.6) is 17.2 Å². The largest absolute Gasteiger partial charge is 0.506 e. The van der Waals surface area contributed by atoms with Gasteiger partial charge in [-0.25, -0.2) is 0 Å². The van der Waals surface area contributed by atoms with Gasteiger partial charge in [-0.3, -0.25) is 15.0 Å². The SMILES string of the molecule is Oc1cccc2cc(-c3ccccc3-c3cc(-c4ccccc4-c4cnc5c(O)cccc5c4)cc(-c4ccccc4-c4cnc5c(O)cccc5c4)c3)cnc12.[B]. The molecule has 0 aliphatic heterocycles. The van der Waals surface area contributed by atoms with Crippen LogP contribution in [0.4, 0.5) is 0 Å². The fourth-order valence-corrected chi connectivity index (χ4v) is 7.93. The van der Waals surface area contributed by atoms with Gasteiger partial charge in [0.05, 0.1) is 0 Å². The lowest BCUT2D eigenvalue weighted by Crippen LogP contribution is -1.93. The van der Waals surface area contributed by atoms with E-state index in [0.717, 1.165) is 82.9 Å². The van der Waals surface area contributed by atoms with E-state index in [2.05, 4.69) is 106 Å². The van der Waals surface area contributed by atoms with Crippen molar-refractivity contribution < 1.29 is 15.3 Å². The van der Waals surface area contributed by atoms with Gasteiger partial charge in [0.1, 0.15) is 33.8 Å². The Morgan fingerprint density at radius 1 is 0.276 bits per heavy atom. The maximum absolute atomic E-state index is 10.5. The van der Waals surface area contributed by atoms with E-state index in [1.807, 2.05) is 73.2 Å². The van der Waals surface area contributed by atoms with Crippen molar-refractivity contribution >= 4 is 41.1 Å². The molecule has 10 aromatic rings. The van der Waals surface area contributed by atoms with Crippen LogP contribution in [0.1, 0.15) is 0 Å². The van der Waals surface area contributed by atoms with Crippen LogP contribution in [0.2, 0.25) is 0 Å². The van der Waals surface area contributed by atoms with Gasteiger partial charge in [0.2, 0.25) is 0 Å². The summed E-state index contributed by atoms with van der Waals surface area (Å²) >= 11 is 0. The van der Waals surface area contributed by atoms with E-state index in [4.69, 9.17) is 0 Å². The third-order valence-corrected chi connectivity index (χ3v) is 10.6. The molecule has 0 fully saturated rings. The first-order chi connectivity index (χ1) is 28.0. The van der Waals surface area contributed by atoms with Gasteiger partial charge in [-0.1, -0.05) is 109 Å². The fraction of sp³-hybridized carbons (Fsp3) is 0. The number of hydrogen-bond acceptors (Lipinski definition) is 6. The third kappa shape index (κ3) is 6.35. The van der Waals surface area contributed by atoms with Gasteiger partial charge >= 0.3 is 0 Å². The van der Waals surface area contributed by atoms with Crippen LogP contribution in [0.3, 0.4) is 0 Å². The predicted octanol–water partition coefficient (Wildman–Crippen LogP) is 12.1. The first kappa shape index (κ1) is 35.9. The Hall–Kier alpha value is -7.77. The molecular weight excluding hydrogens is 713 g/mol. The molecule has 273 valence electrons. The minimum atomic E-state index is 0. The van der Waals surface area contributed by atoms with Gasteiger partial charge in [-0.05, 0) is 105 Å². The Morgan fingerprint density at radius 3 is 0.810 bits per heavy atom. The highest BCUT2D eigenvalue weighted by molar-refractivity contribution is 5.97. The predicted molar refractivity (Wildman–Crippen MR) is 236 cm³/mol. The standard InChI is InChI=1S/C51H33N3O3.B/c55-46-19-7-10-31-22-37(28-52-49(31)46)43-16-4-1-13-40(43)34-25-35(41-14-2-5-17-44(41)38-23-32-11-8-20-47(56)50(32)53-29-38)27-36(26-34)42-15-3-6-18-45(42)39-24-33-12-9-21-48(57)51(33)54-30-39;/h1-30,55-57H;. The van der Waals surface area contributed by atoms with Crippen molar-refractivity contribution in [1.82, 2.24) is 15.0 Å². The molecule has 7 aromatic carbocycles. The maximum atomic E-state index is 10.5. The second-order valence-corrected chi connectivity index (χ2v) is 14.2. The highest BCUT2D eigenvalue weighted by Crippen LogP contribution is 2.43. The van der Waals surface area contributed by atoms with Crippen LogP contribution in [-0.2, 0) is 0 Å².